The molecule has 0 bridgehead atoms. The second-order valence-corrected chi connectivity index (χ2v) is 6.84. The van der Waals surface area contributed by atoms with Gasteiger partial charge in [0, 0.05) is 17.0 Å². The van der Waals surface area contributed by atoms with Gasteiger partial charge in [-0.1, -0.05) is 31.2 Å². The van der Waals surface area contributed by atoms with Gasteiger partial charge in [-0.15, -0.1) is 11.3 Å². The van der Waals surface area contributed by atoms with Crippen LogP contribution in [-0.4, -0.2) is 24.6 Å². The first-order valence-corrected chi connectivity index (χ1v) is 9.88. The minimum atomic E-state index is -0.229. The molecule has 2 aromatic carbocycles. The molecule has 0 aliphatic rings. The number of nitrogens with one attached hydrogen (secondary N) is 1. The number of hydrogen-bond acceptors (Lipinski definition) is 5. The van der Waals surface area contributed by atoms with E-state index in [-0.39, 0.29) is 5.91 Å². The van der Waals surface area contributed by atoms with Gasteiger partial charge in [0.2, 0.25) is 5.91 Å². The summed E-state index contributed by atoms with van der Waals surface area (Å²) in [5, 5.41) is 5.23. The van der Waals surface area contributed by atoms with Crippen LogP contribution in [0, 0.1) is 0 Å². The fraction of sp³-hybridized carbons (Fsp3) is 0.182. The number of thiazole rings is 1. The molecule has 28 heavy (non-hydrogen) atoms. The first-order chi connectivity index (χ1) is 13.7. The maximum Gasteiger partial charge on any atom is 0.250 e. The molecule has 0 aliphatic carbocycles. The molecule has 0 spiro atoms. The Morgan fingerprint density at radius 2 is 1.96 bits per heavy atom. The van der Waals surface area contributed by atoms with Crippen LogP contribution < -0.4 is 14.8 Å². The average Bonchev–Trinajstić information content (AvgIpc) is 3.19. The molecule has 144 valence electrons. The topological polar surface area (TPSA) is 60.5 Å². The van der Waals surface area contributed by atoms with Gasteiger partial charge >= 0.3 is 0 Å². The van der Waals surface area contributed by atoms with Gasteiger partial charge in [0.15, 0.2) is 5.13 Å². The Labute approximate surface area is 168 Å². The van der Waals surface area contributed by atoms with E-state index in [2.05, 4.69) is 17.2 Å². The lowest BCUT2D eigenvalue weighted by molar-refractivity contribution is -0.111. The van der Waals surface area contributed by atoms with E-state index < -0.39 is 0 Å². The molecule has 0 atom stereocenters. The second-order valence-electron chi connectivity index (χ2n) is 5.98. The van der Waals surface area contributed by atoms with Crippen LogP contribution in [0.3, 0.4) is 0 Å². The first kappa shape index (κ1) is 19.6. The molecule has 3 rings (SSSR count). The molecule has 5 nitrogen and oxygen atoms in total. The monoisotopic (exact) mass is 394 g/mol. The summed E-state index contributed by atoms with van der Waals surface area (Å²) in [5.74, 6) is 1.35. The smallest absolute Gasteiger partial charge is 0.250 e. The molecule has 0 aliphatic heterocycles. The highest BCUT2D eigenvalue weighted by Gasteiger charge is 2.10. The third-order valence-corrected chi connectivity index (χ3v) is 4.66. The van der Waals surface area contributed by atoms with Crippen molar-refractivity contribution in [2.75, 3.05) is 19.0 Å². The van der Waals surface area contributed by atoms with Gasteiger partial charge in [-0.25, -0.2) is 4.98 Å². The van der Waals surface area contributed by atoms with Crippen LogP contribution in [0.1, 0.15) is 18.9 Å². The lowest BCUT2D eigenvalue weighted by Crippen LogP contribution is -2.07. The minimum Gasteiger partial charge on any atom is -0.496 e. The number of hydrogen-bond donors (Lipinski definition) is 1. The van der Waals surface area contributed by atoms with Gasteiger partial charge in [0.05, 0.1) is 19.4 Å². The van der Waals surface area contributed by atoms with Gasteiger partial charge in [0.1, 0.15) is 11.5 Å². The highest BCUT2D eigenvalue weighted by Crippen LogP contribution is 2.31. The van der Waals surface area contributed by atoms with Crippen LogP contribution in [0.4, 0.5) is 5.13 Å². The summed E-state index contributed by atoms with van der Waals surface area (Å²) in [4.78, 5) is 16.7. The summed E-state index contributed by atoms with van der Waals surface area (Å²) in [6.07, 6.45) is 4.22. The van der Waals surface area contributed by atoms with E-state index in [4.69, 9.17) is 9.47 Å². The molecular formula is C22H22N2O3S. The average molecular weight is 394 g/mol. The van der Waals surface area contributed by atoms with Crippen molar-refractivity contribution < 1.29 is 14.3 Å². The molecular weight excluding hydrogens is 372 g/mol. The van der Waals surface area contributed by atoms with Crippen molar-refractivity contribution in [3.05, 3.63) is 65.6 Å². The molecule has 1 amide bonds. The lowest BCUT2D eigenvalue weighted by Gasteiger charge is -2.05. The predicted molar refractivity (Wildman–Crippen MR) is 114 cm³/mol. The maximum atomic E-state index is 12.2. The van der Waals surface area contributed by atoms with E-state index in [1.165, 1.54) is 17.4 Å². The number of methoxy groups -OCH3 is 1. The van der Waals surface area contributed by atoms with Crippen molar-refractivity contribution in [3.63, 3.8) is 0 Å². The largest absolute Gasteiger partial charge is 0.496 e. The van der Waals surface area contributed by atoms with Crippen molar-refractivity contribution in [2.24, 2.45) is 0 Å². The van der Waals surface area contributed by atoms with Gasteiger partial charge < -0.3 is 9.47 Å². The van der Waals surface area contributed by atoms with Crippen LogP contribution >= 0.6 is 11.3 Å². The Morgan fingerprint density at radius 1 is 1.18 bits per heavy atom. The molecule has 0 saturated heterocycles. The molecule has 1 aromatic heterocycles. The number of benzene rings is 2. The van der Waals surface area contributed by atoms with Crippen molar-refractivity contribution in [1.82, 2.24) is 4.98 Å². The SMILES string of the molecule is CCCOc1ccc(/C=C/C(=O)Nc2nc(-c3ccccc3OC)cs2)cc1. The molecule has 0 saturated carbocycles. The summed E-state index contributed by atoms with van der Waals surface area (Å²) >= 11 is 1.37. The predicted octanol–water partition coefficient (Wildman–Crippen LogP) is 5.26. The standard InChI is InChI=1S/C22H22N2O3S/c1-3-14-27-17-11-8-16(9-12-17)10-13-21(25)24-22-23-19(15-28-22)18-6-4-5-7-20(18)26-2/h4-13,15H,3,14H2,1-2H3,(H,23,24,25)/b13-10+. The lowest BCUT2D eigenvalue weighted by atomic mass is 10.1. The van der Waals surface area contributed by atoms with Crippen LogP contribution in [0.25, 0.3) is 17.3 Å². The third kappa shape index (κ3) is 5.20. The molecule has 1 N–H and O–H groups in total. The molecule has 3 aromatic rings. The van der Waals surface area contributed by atoms with Gasteiger partial charge in [0.25, 0.3) is 0 Å². The summed E-state index contributed by atoms with van der Waals surface area (Å²) < 4.78 is 10.9. The number of nitrogens with zero attached hydrogens (tertiary/aromatic N) is 1. The second kappa shape index (κ2) is 9.71. The Kier molecular flexibility index (Phi) is 6.81. The molecule has 0 radical (unpaired) electrons. The fourth-order valence-electron chi connectivity index (χ4n) is 2.53. The molecule has 0 fully saturated rings. The van der Waals surface area contributed by atoms with E-state index in [0.29, 0.717) is 11.7 Å². The highest BCUT2D eigenvalue weighted by atomic mass is 32.1. The number of ether oxygens (including phenoxy) is 2. The summed E-state index contributed by atoms with van der Waals surface area (Å²) in [6, 6.07) is 15.3. The number of para-hydroxylation sites is 1. The number of anilines is 1. The van der Waals surface area contributed by atoms with E-state index in [9.17, 15) is 4.79 Å². The minimum absolute atomic E-state index is 0.229. The Hall–Kier alpha value is -3.12. The van der Waals surface area contributed by atoms with E-state index >= 15 is 0 Å². The Bertz CT molecular complexity index is 948. The quantitative estimate of drug-likeness (QED) is 0.530. The van der Waals surface area contributed by atoms with Gasteiger partial charge in [-0.2, -0.15) is 0 Å². The van der Waals surface area contributed by atoms with Crippen molar-refractivity contribution in [2.45, 2.75) is 13.3 Å². The number of carbonyl (C=O) groups excluding carboxylic acids is 1. The number of carbonyl (C=O) groups is 1. The van der Waals surface area contributed by atoms with Gasteiger partial charge in [-0.3, -0.25) is 10.1 Å². The summed E-state index contributed by atoms with van der Waals surface area (Å²) in [6.45, 7) is 2.76. The summed E-state index contributed by atoms with van der Waals surface area (Å²) in [5.41, 5.74) is 2.58. The zero-order valence-corrected chi connectivity index (χ0v) is 16.7. The molecule has 0 unspecified atom stereocenters. The van der Waals surface area contributed by atoms with Crippen molar-refractivity contribution in [3.8, 4) is 22.8 Å². The number of rotatable bonds is 8. The zero-order chi connectivity index (χ0) is 19.8. The molecule has 6 heteroatoms. The van der Waals surface area contributed by atoms with Crippen LogP contribution in [-0.2, 0) is 4.79 Å². The highest BCUT2D eigenvalue weighted by molar-refractivity contribution is 7.14. The fourth-order valence-corrected chi connectivity index (χ4v) is 3.24. The molecule has 1 heterocycles. The van der Waals surface area contributed by atoms with Crippen LogP contribution in [0.2, 0.25) is 0 Å². The first-order valence-electron chi connectivity index (χ1n) is 9.00. The zero-order valence-electron chi connectivity index (χ0n) is 15.8. The van der Waals surface area contributed by atoms with E-state index in [0.717, 1.165) is 34.7 Å². The van der Waals surface area contributed by atoms with Crippen LogP contribution in [0.5, 0.6) is 11.5 Å². The van der Waals surface area contributed by atoms with Crippen LogP contribution in [0.15, 0.2) is 60.0 Å². The van der Waals surface area contributed by atoms with E-state index in [1.807, 2.05) is 53.9 Å². The van der Waals surface area contributed by atoms with E-state index in [1.54, 1.807) is 13.2 Å². The van der Waals surface area contributed by atoms with Crippen molar-refractivity contribution in [1.29, 1.82) is 0 Å². The third-order valence-electron chi connectivity index (χ3n) is 3.90. The summed E-state index contributed by atoms with van der Waals surface area (Å²) in [7, 11) is 1.63. The Morgan fingerprint density at radius 3 is 2.71 bits per heavy atom. The Balaban J connectivity index is 1.61. The maximum absolute atomic E-state index is 12.2. The number of amides is 1. The normalized spacial score (nSPS) is 10.8. The van der Waals surface area contributed by atoms with Crippen molar-refractivity contribution >= 4 is 28.5 Å². The van der Waals surface area contributed by atoms with Gasteiger partial charge in [-0.05, 0) is 42.3 Å². The number of aromatic nitrogens is 1.